The molecule has 2 aromatic carbocycles. The number of rotatable bonds is 8. The molecule has 0 radical (unpaired) electrons. The van der Waals surface area contributed by atoms with Gasteiger partial charge in [0.05, 0.1) is 25.2 Å². The van der Waals surface area contributed by atoms with Crippen LogP contribution in [0.5, 0.6) is 5.75 Å². The zero-order chi connectivity index (χ0) is 20.7. The summed E-state index contributed by atoms with van der Waals surface area (Å²) in [4.78, 5) is 12.5. The number of aliphatic hydroxyl groups is 1. The van der Waals surface area contributed by atoms with E-state index in [0.717, 1.165) is 11.3 Å². The molecule has 152 valence electrons. The summed E-state index contributed by atoms with van der Waals surface area (Å²) in [5.74, 6) is -0.431. The molecule has 0 spiro atoms. The molecule has 0 aliphatic heterocycles. The van der Waals surface area contributed by atoms with Gasteiger partial charge < -0.3 is 14.6 Å². The van der Waals surface area contributed by atoms with Crippen LogP contribution in [0.15, 0.2) is 48.5 Å². The van der Waals surface area contributed by atoms with Gasteiger partial charge in [0.15, 0.2) is 0 Å². The molecule has 0 aliphatic carbocycles. The normalized spacial score (nSPS) is 13.6. The summed E-state index contributed by atoms with van der Waals surface area (Å²) in [6, 6.07) is 14.5. The molecule has 0 aliphatic rings. The van der Waals surface area contributed by atoms with Gasteiger partial charge in [0.25, 0.3) is 0 Å². The molecule has 2 unspecified atom stereocenters. The maximum Gasteiger partial charge on any atom is 0.312 e. The fourth-order valence-electron chi connectivity index (χ4n) is 2.81. The number of carbonyl (C=O) groups excluding carboxylic acids is 1. The fraction of sp³-hybridized carbons (Fsp3) is 0.435. The van der Waals surface area contributed by atoms with Gasteiger partial charge in [0, 0.05) is 5.02 Å². The Morgan fingerprint density at radius 1 is 1.14 bits per heavy atom. The molecule has 28 heavy (non-hydrogen) atoms. The summed E-state index contributed by atoms with van der Waals surface area (Å²) in [5, 5.41) is 11.4. The van der Waals surface area contributed by atoms with Crippen molar-refractivity contribution in [3.8, 4) is 5.75 Å². The topological polar surface area (TPSA) is 55.8 Å². The number of halogens is 1. The zero-order valence-corrected chi connectivity index (χ0v) is 17.7. The average molecular weight is 405 g/mol. The summed E-state index contributed by atoms with van der Waals surface area (Å²) < 4.78 is 11.1. The quantitative estimate of drug-likeness (QED) is 0.613. The molecule has 5 heteroatoms. The van der Waals surface area contributed by atoms with Crippen LogP contribution in [0.1, 0.15) is 44.9 Å². The Kier molecular flexibility index (Phi) is 7.90. The maximum atomic E-state index is 12.5. The van der Waals surface area contributed by atoms with Crippen LogP contribution in [-0.4, -0.2) is 24.3 Å². The second kappa shape index (κ2) is 9.94. The lowest BCUT2D eigenvalue weighted by Gasteiger charge is -2.23. The molecule has 1 N–H and O–H groups in total. The molecule has 0 fully saturated rings. The first-order chi connectivity index (χ1) is 13.2. The van der Waals surface area contributed by atoms with Crippen molar-refractivity contribution in [1.82, 2.24) is 0 Å². The molecule has 2 aromatic rings. The summed E-state index contributed by atoms with van der Waals surface area (Å²) >= 11 is 6.04. The van der Waals surface area contributed by atoms with Crippen molar-refractivity contribution >= 4 is 17.6 Å². The second-order valence-electron chi connectivity index (χ2n) is 8.06. The highest BCUT2D eigenvalue weighted by molar-refractivity contribution is 6.30. The summed E-state index contributed by atoms with van der Waals surface area (Å²) in [6.07, 6.45) is -0.684. The van der Waals surface area contributed by atoms with Crippen LogP contribution in [0.3, 0.4) is 0 Å². The Morgan fingerprint density at radius 2 is 1.86 bits per heavy atom. The molecule has 2 atom stereocenters. The van der Waals surface area contributed by atoms with E-state index < -0.39 is 18.0 Å². The molecule has 0 aromatic heterocycles. The van der Waals surface area contributed by atoms with Crippen LogP contribution < -0.4 is 4.74 Å². The van der Waals surface area contributed by atoms with Crippen molar-refractivity contribution in [3.05, 3.63) is 64.7 Å². The van der Waals surface area contributed by atoms with E-state index >= 15 is 0 Å². The first-order valence-corrected chi connectivity index (χ1v) is 9.89. The third-order valence-corrected chi connectivity index (χ3v) is 4.42. The Labute approximate surface area is 172 Å². The molecule has 0 saturated carbocycles. The second-order valence-corrected chi connectivity index (χ2v) is 8.50. The minimum atomic E-state index is -1.02. The Balaban J connectivity index is 2.22. The Hall–Kier alpha value is -2.04. The number of hydrogen-bond donors (Lipinski definition) is 1. The molecule has 0 saturated heterocycles. The van der Waals surface area contributed by atoms with Gasteiger partial charge in [-0.3, -0.25) is 4.79 Å². The first-order valence-electron chi connectivity index (χ1n) is 9.51. The van der Waals surface area contributed by atoms with E-state index in [0.29, 0.717) is 23.6 Å². The molecular formula is C23H29ClO4. The smallest absolute Gasteiger partial charge is 0.312 e. The third-order valence-electron chi connectivity index (χ3n) is 4.19. The lowest BCUT2D eigenvalue weighted by Crippen LogP contribution is -2.27. The van der Waals surface area contributed by atoms with Gasteiger partial charge in [-0.2, -0.15) is 0 Å². The van der Waals surface area contributed by atoms with Crippen molar-refractivity contribution in [2.45, 2.75) is 40.2 Å². The molecule has 0 bridgehead atoms. The van der Waals surface area contributed by atoms with Gasteiger partial charge in [0.1, 0.15) is 5.75 Å². The van der Waals surface area contributed by atoms with Crippen LogP contribution >= 0.6 is 11.6 Å². The van der Waals surface area contributed by atoms with Crippen molar-refractivity contribution in [2.75, 3.05) is 13.2 Å². The Bertz CT molecular complexity index is 782. The summed E-state index contributed by atoms with van der Waals surface area (Å²) in [7, 11) is 0. The monoisotopic (exact) mass is 404 g/mol. The van der Waals surface area contributed by atoms with Gasteiger partial charge in [0.2, 0.25) is 0 Å². The van der Waals surface area contributed by atoms with E-state index in [-0.39, 0.29) is 12.0 Å². The van der Waals surface area contributed by atoms with Gasteiger partial charge in [-0.1, -0.05) is 56.6 Å². The van der Waals surface area contributed by atoms with E-state index in [9.17, 15) is 9.90 Å². The number of aliphatic hydroxyl groups excluding tert-OH is 1. The van der Waals surface area contributed by atoms with E-state index in [2.05, 4.69) is 20.8 Å². The minimum Gasteiger partial charge on any atom is -0.493 e. The van der Waals surface area contributed by atoms with E-state index in [1.807, 2.05) is 24.3 Å². The molecule has 0 amide bonds. The van der Waals surface area contributed by atoms with Crippen LogP contribution in [0, 0.1) is 11.3 Å². The SMILES string of the molecule is CCOC(=O)C(Cc1cccc(OCC(C)(C)C)c1)C(O)c1cccc(Cl)c1. The maximum absolute atomic E-state index is 12.5. The Morgan fingerprint density at radius 3 is 2.50 bits per heavy atom. The minimum absolute atomic E-state index is 0.0479. The third kappa shape index (κ3) is 6.84. The van der Waals surface area contributed by atoms with E-state index in [1.165, 1.54) is 0 Å². The van der Waals surface area contributed by atoms with Crippen molar-refractivity contribution in [3.63, 3.8) is 0 Å². The van der Waals surface area contributed by atoms with Crippen LogP contribution in [0.4, 0.5) is 0 Å². The standard InChI is InChI=1S/C23H29ClO4/c1-5-27-22(26)20(21(25)17-9-7-10-18(24)14-17)13-16-8-6-11-19(12-16)28-15-23(2,3)4/h6-12,14,20-21,25H,5,13,15H2,1-4H3. The lowest BCUT2D eigenvalue weighted by atomic mass is 9.89. The van der Waals surface area contributed by atoms with Gasteiger partial charge in [-0.05, 0) is 54.2 Å². The largest absolute Gasteiger partial charge is 0.493 e. The number of carbonyl (C=O) groups is 1. The van der Waals surface area contributed by atoms with Crippen LogP contribution in [0.25, 0.3) is 0 Å². The van der Waals surface area contributed by atoms with Crippen LogP contribution in [0.2, 0.25) is 5.02 Å². The van der Waals surface area contributed by atoms with Crippen LogP contribution in [-0.2, 0) is 16.0 Å². The number of esters is 1. The lowest BCUT2D eigenvalue weighted by molar-refractivity contribution is -0.152. The van der Waals surface area contributed by atoms with Crippen molar-refractivity contribution in [1.29, 1.82) is 0 Å². The highest BCUT2D eigenvalue weighted by Gasteiger charge is 2.30. The van der Waals surface area contributed by atoms with Gasteiger partial charge >= 0.3 is 5.97 Å². The van der Waals surface area contributed by atoms with Gasteiger partial charge in [-0.15, -0.1) is 0 Å². The van der Waals surface area contributed by atoms with E-state index in [1.54, 1.807) is 31.2 Å². The van der Waals surface area contributed by atoms with E-state index in [4.69, 9.17) is 21.1 Å². The predicted molar refractivity (Wildman–Crippen MR) is 112 cm³/mol. The number of hydrogen-bond acceptors (Lipinski definition) is 4. The van der Waals surface area contributed by atoms with Gasteiger partial charge in [-0.25, -0.2) is 0 Å². The van der Waals surface area contributed by atoms with Crippen molar-refractivity contribution < 1.29 is 19.4 Å². The molecule has 2 rings (SSSR count). The zero-order valence-electron chi connectivity index (χ0n) is 16.9. The molecular weight excluding hydrogens is 376 g/mol. The molecule has 0 heterocycles. The fourth-order valence-corrected chi connectivity index (χ4v) is 3.01. The first kappa shape index (κ1) is 22.3. The summed E-state index contributed by atoms with van der Waals surface area (Å²) in [5.41, 5.74) is 1.53. The molecule has 4 nitrogen and oxygen atoms in total. The highest BCUT2D eigenvalue weighted by Crippen LogP contribution is 2.29. The highest BCUT2D eigenvalue weighted by atomic mass is 35.5. The predicted octanol–water partition coefficient (Wildman–Crippen LogP) is 5.22. The average Bonchev–Trinajstić information content (AvgIpc) is 2.64. The number of ether oxygens (including phenoxy) is 2. The van der Waals surface area contributed by atoms with Crippen molar-refractivity contribution in [2.24, 2.45) is 11.3 Å². The number of benzene rings is 2. The summed E-state index contributed by atoms with van der Waals surface area (Å²) in [6.45, 7) is 8.91.